The number of aromatic nitrogens is 4. The lowest BCUT2D eigenvalue weighted by Crippen LogP contribution is -2.00. The largest absolute Gasteiger partial charge is 0.456 e. The Morgan fingerprint density at radius 3 is 1.76 bits per heavy atom. The van der Waals surface area contributed by atoms with E-state index in [2.05, 4.69) is 156 Å². The van der Waals surface area contributed by atoms with Crippen LogP contribution >= 0.6 is 0 Å². The number of fused-ring (bicyclic) bond motifs is 9. The van der Waals surface area contributed by atoms with Gasteiger partial charge in [-0.2, -0.15) is 0 Å². The molecule has 0 saturated carbocycles. The Hall–Kier alpha value is -8.61. The maximum Gasteiger partial charge on any atom is 0.164 e. The molecule has 0 saturated heterocycles. The van der Waals surface area contributed by atoms with Gasteiger partial charge in [-0.25, -0.2) is 15.0 Å². The highest BCUT2D eigenvalue weighted by molar-refractivity contribution is 6.14. The maximum atomic E-state index is 6.65. The molecular formula is C57H34N4O2. The first-order chi connectivity index (χ1) is 31.2. The molecule has 0 bridgehead atoms. The Balaban J connectivity index is 0.968. The molecule has 0 spiro atoms. The fourth-order valence-corrected chi connectivity index (χ4v) is 9.32. The van der Waals surface area contributed by atoms with Crippen LogP contribution in [0.1, 0.15) is 0 Å². The summed E-state index contributed by atoms with van der Waals surface area (Å²) in [6, 6.07) is 71.5. The molecule has 0 fully saturated rings. The van der Waals surface area contributed by atoms with Crippen molar-refractivity contribution in [2.45, 2.75) is 0 Å². The van der Waals surface area contributed by atoms with Crippen molar-refractivity contribution in [3.8, 4) is 62.1 Å². The van der Waals surface area contributed by atoms with E-state index < -0.39 is 0 Å². The second-order valence-corrected chi connectivity index (χ2v) is 15.9. The second-order valence-electron chi connectivity index (χ2n) is 15.9. The molecule has 63 heavy (non-hydrogen) atoms. The summed E-state index contributed by atoms with van der Waals surface area (Å²) >= 11 is 0. The van der Waals surface area contributed by atoms with Crippen molar-refractivity contribution in [1.82, 2.24) is 19.5 Å². The van der Waals surface area contributed by atoms with Gasteiger partial charge in [-0.15, -0.1) is 0 Å². The Morgan fingerprint density at radius 2 is 0.937 bits per heavy atom. The van der Waals surface area contributed by atoms with E-state index in [9.17, 15) is 0 Å². The summed E-state index contributed by atoms with van der Waals surface area (Å²) in [5.74, 6) is 1.70. The zero-order chi connectivity index (χ0) is 41.4. The summed E-state index contributed by atoms with van der Waals surface area (Å²) in [5.41, 5.74) is 13.6. The van der Waals surface area contributed by atoms with Gasteiger partial charge in [0, 0.05) is 60.3 Å². The van der Waals surface area contributed by atoms with Gasteiger partial charge in [0.05, 0.1) is 11.0 Å². The Kier molecular flexibility index (Phi) is 7.80. The summed E-state index contributed by atoms with van der Waals surface area (Å²) in [7, 11) is 0. The van der Waals surface area contributed by atoms with Crippen molar-refractivity contribution in [3.05, 3.63) is 206 Å². The first kappa shape index (κ1) is 35.2. The summed E-state index contributed by atoms with van der Waals surface area (Å²) in [5, 5.41) is 6.46. The normalized spacial score (nSPS) is 11.8. The lowest BCUT2D eigenvalue weighted by atomic mass is 9.99. The predicted octanol–water partition coefficient (Wildman–Crippen LogP) is 15.1. The van der Waals surface area contributed by atoms with Crippen LogP contribution in [-0.4, -0.2) is 19.5 Å². The number of furan rings is 2. The molecule has 13 rings (SSSR count). The van der Waals surface area contributed by atoms with Gasteiger partial charge in [0.15, 0.2) is 17.5 Å². The lowest BCUT2D eigenvalue weighted by molar-refractivity contribution is 0.669. The number of nitrogens with zero attached hydrogens (tertiary/aromatic N) is 4. The van der Waals surface area contributed by atoms with Crippen LogP contribution in [-0.2, 0) is 0 Å². The standard InChI is InChI=1S/C57H34N4O2/c1-4-14-35(15-5-1)41-21-12-22-44-43-29-26-39(34-52(43)63-54(41)44)56-58-55(36-16-6-2-7-17-36)59-57(60-56)45-23-13-25-51-53(45)47-33-38(28-31-50(47)62-51)37-27-30-49-46(32-37)42-20-10-11-24-48(42)61(49)40-18-8-3-9-19-40/h1-34H. The average molecular weight is 807 g/mol. The molecule has 0 unspecified atom stereocenters. The SMILES string of the molecule is c1ccc(-c2nc(-c3ccc4c(c3)oc3c(-c5ccccc5)cccc34)nc(-c3cccc4oc5ccc(-c6ccc7c(c6)c6ccccc6n7-c6ccccc6)cc5c34)n2)cc1. The van der Waals surface area contributed by atoms with E-state index in [1.165, 1.54) is 21.8 Å². The minimum atomic E-state index is 0.554. The zero-order valence-electron chi connectivity index (χ0n) is 33.7. The molecule has 0 atom stereocenters. The van der Waals surface area contributed by atoms with Crippen molar-refractivity contribution in [2.75, 3.05) is 0 Å². The van der Waals surface area contributed by atoms with Crippen molar-refractivity contribution in [1.29, 1.82) is 0 Å². The fourth-order valence-electron chi connectivity index (χ4n) is 9.32. The minimum Gasteiger partial charge on any atom is -0.456 e. The fraction of sp³-hybridized carbons (Fsp3) is 0. The third kappa shape index (κ3) is 5.69. The summed E-state index contributed by atoms with van der Waals surface area (Å²) in [6.07, 6.45) is 0. The van der Waals surface area contributed by atoms with E-state index >= 15 is 0 Å². The summed E-state index contributed by atoms with van der Waals surface area (Å²) < 4.78 is 15.5. The van der Waals surface area contributed by atoms with Gasteiger partial charge in [0.25, 0.3) is 0 Å². The smallest absolute Gasteiger partial charge is 0.164 e. The highest BCUT2D eigenvalue weighted by atomic mass is 16.3. The van der Waals surface area contributed by atoms with E-state index in [0.717, 1.165) is 88.5 Å². The molecule has 6 nitrogen and oxygen atoms in total. The van der Waals surface area contributed by atoms with Gasteiger partial charge in [0.1, 0.15) is 22.3 Å². The molecular weight excluding hydrogens is 773 g/mol. The van der Waals surface area contributed by atoms with Crippen molar-refractivity contribution < 1.29 is 8.83 Å². The van der Waals surface area contributed by atoms with Gasteiger partial charge >= 0.3 is 0 Å². The molecule has 9 aromatic carbocycles. The van der Waals surface area contributed by atoms with Gasteiger partial charge in [-0.3, -0.25) is 0 Å². The molecule has 294 valence electrons. The number of benzene rings is 9. The quantitative estimate of drug-likeness (QED) is 0.167. The molecule has 0 N–H and O–H groups in total. The maximum absolute atomic E-state index is 6.65. The van der Waals surface area contributed by atoms with E-state index in [-0.39, 0.29) is 0 Å². The van der Waals surface area contributed by atoms with Crippen LogP contribution in [0.25, 0.3) is 128 Å². The molecule has 13 aromatic rings. The van der Waals surface area contributed by atoms with Crippen molar-refractivity contribution in [3.63, 3.8) is 0 Å². The Morgan fingerprint density at radius 1 is 0.317 bits per heavy atom. The van der Waals surface area contributed by atoms with Crippen molar-refractivity contribution in [2.24, 2.45) is 0 Å². The van der Waals surface area contributed by atoms with Crippen LogP contribution in [0.3, 0.4) is 0 Å². The van der Waals surface area contributed by atoms with Crippen LogP contribution in [0.2, 0.25) is 0 Å². The van der Waals surface area contributed by atoms with Gasteiger partial charge in [-0.1, -0.05) is 146 Å². The Labute approximate surface area is 361 Å². The third-order valence-electron chi connectivity index (χ3n) is 12.3. The summed E-state index contributed by atoms with van der Waals surface area (Å²) in [6.45, 7) is 0. The molecule has 0 radical (unpaired) electrons. The number of para-hydroxylation sites is 3. The molecule has 0 aliphatic rings. The van der Waals surface area contributed by atoms with Gasteiger partial charge in [0.2, 0.25) is 0 Å². The molecule has 4 heterocycles. The molecule has 0 aliphatic carbocycles. The van der Waals surface area contributed by atoms with E-state index in [1.54, 1.807) is 0 Å². The monoisotopic (exact) mass is 806 g/mol. The summed E-state index contributed by atoms with van der Waals surface area (Å²) in [4.78, 5) is 15.5. The van der Waals surface area contributed by atoms with E-state index in [4.69, 9.17) is 23.8 Å². The van der Waals surface area contributed by atoms with Crippen LogP contribution < -0.4 is 0 Å². The average Bonchev–Trinajstić information content (AvgIpc) is 4.03. The highest BCUT2D eigenvalue weighted by Crippen LogP contribution is 2.41. The first-order valence-electron chi connectivity index (χ1n) is 21.1. The van der Waals surface area contributed by atoms with Crippen molar-refractivity contribution >= 4 is 65.7 Å². The minimum absolute atomic E-state index is 0.554. The molecule has 0 aliphatic heterocycles. The van der Waals surface area contributed by atoms with Gasteiger partial charge in [-0.05, 0) is 77.4 Å². The number of rotatable bonds is 6. The lowest BCUT2D eigenvalue weighted by Gasteiger charge is -2.09. The molecule has 0 amide bonds. The number of hydrogen-bond donors (Lipinski definition) is 0. The van der Waals surface area contributed by atoms with Crippen LogP contribution in [0.15, 0.2) is 215 Å². The van der Waals surface area contributed by atoms with Gasteiger partial charge < -0.3 is 13.4 Å². The van der Waals surface area contributed by atoms with E-state index in [0.29, 0.717) is 17.5 Å². The second kappa shape index (κ2) is 14.0. The van der Waals surface area contributed by atoms with Crippen LogP contribution in [0.5, 0.6) is 0 Å². The zero-order valence-corrected chi connectivity index (χ0v) is 33.7. The first-order valence-corrected chi connectivity index (χ1v) is 21.1. The van der Waals surface area contributed by atoms with Crippen LogP contribution in [0, 0.1) is 0 Å². The topological polar surface area (TPSA) is 69.9 Å². The predicted molar refractivity (Wildman–Crippen MR) is 256 cm³/mol. The Bertz CT molecular complexity index is 3900. The highest BCUT2D eigenvalue weighted by Gasteiger charge is 2.20. The molecule has 6 heteroatoms. The van der Waals surface area contributed by atoms with E-state index in [1.807, 2.05) is 54.6 Å². The number of hydrogen-bond acceptors (Lipinski definition) is 5. The third-order valence-corrected chi connectivity index (χ3v) is 12.3. The molecule has 4 aromatic heterocycles. The van der Waals surface area contributed by atoms with Crippen LogP contribution in [0.4, 0.5) is 0 Å².